The number of amides is 1. The highest BCUT2D eigenvalue weighted by molar-refractivity contribution is 5.72. The molecule has 4 nitrogen and oxygen atoms in total. The minimum Gasteiger partial charge on any atom is -0.351 e. The van der Waals surface area contributed by atoms with Gasteiger partial charge in [-0.25, -0.2) is 0 Å². The Morgan fingerprint density at radius 2 is 1.44 bits per heavy atom. The Morgan fingerprint density at radius 3 is 1.94 bits per heavy atom. The van der Waals surface area contributed by atoms with Crippen LogP contribution >= 0.6 is 0 Å². The second-order valence-corrected chi connectivity index (χ2v) is 9.72. The molecule has 1 amide bonds. The van der Waals surface area contributed by atoms with Crippen LogP contribution in [0.2, 0.25) is 0 Å². The molecule has 0 fully saturated rings. The summed E-state index contributed by atoms with van der Waals surface area (Å²) in [6, 6.07) is 0. The molecule has 2 N–H and O–H groups in total. The van der Waals surface area contributed by atoms with E-state index in [1.165, 1.54) is 103 Å². The highest BCUT2D eigenvalue weighted by atomic mass is 16.1. The van der Waals surface area contributed by atoms with Crippen LogP contribution in [0.5, 0.6) is 0 Å². The number of carbonyl (C=O) groups is 1. The molecular weight excluding hydrogens is 394 g/mol. The van der Waals surface area contributed by atoms with Gasteiger partial charge in [-0.3, -0.25) is 9.28 Å². The number of allylic oxidation sites excluding steroid dienone is 2. The van der Waals surface area contributed by atoms with Crippen molar-refractivity contribution in [3.05, 3.63) is 24.6 Å². The van der Waals surface area contributed by atoms with E-state index in [4.69, 9.17) is 0 Å². The molecule has 0 saturated heterocycles. The molecule has 2 unspecified atom stereocenters. The molecule has 1 rings (SSSR count). The number of hydrogen-bond acceptors (Lipinski definition) is 2. The first-order chi connectivity index (χ1) is 15.6. The molecule has 1 heterocycles. The van der Waals surface area contributed by atoms with E-state index < -0.39 is 0 Å². The van der Waals surface area contributed by atoms with Crippen molar-refractivity contribution in [2.75, 3.05) is 19.6 Å². The summed E-state index contributed by atoms with van der Waals surface area (Å²) < 4.78 is 0.955. The van der Waals surface area contributed by atoms with E-state index in [1.54, 1.807) is 6.92 Å². The Labute approximate surface area is 199 Å². The standard InChI is InChI=1S/C28H53N3O/c1-4-6-7-8-9-10-11-12-13-14-15-16-17-18-19-20-21-22-28-30-24-26-31(28,5-2)25-23-29-27(3)32/h4,6,24,26,28,30H,5,7-23,25H2,1-3H3/p+1/b6-4+. The molecule has 32 heavy (non-hydrogen) atoms. The summed E-state index contributed by atoms with van der Waals surface area (Å²) in [5.41, 5.74) is 0. The van der Waals surface area contributed by atoms with E-state index in [0.29, 0.717) is 6.17 Å². The van der Waals surface area contributed by atoms with E-state index in [9.17, 15) is 4.79 Å². The fourth-order valence-electron chi connectivity index (χ4n) is 4.94. The zero-order valence-corrected chi connectivity index (χ0v) is 21.7. The molecule has 0 aliphatic carbocycles. The molecule has 0 radical (unpaired) electrons. The Balaban J connectivity index is 1.92. The molecule has 0 spiro atoms. The van der Waals surface area contributed by atoms with Crippen LogP contribution in [-0.4, -0.2) is 36.2 Å². The first kappa shape index (κ1) is 28.7. The lowest BCUT2D eigenvalue weighted by Gasteiger charge is -2.37. The van der Waals surface area contributed by atoms with Crippen molar-refractivity contribution in [3.8, 4) is 0 Å². The Bertz CT molecular complexity index is 517. The van der Waals surface area contributed by atoms with Gasteiger partial charge in [0.05, 0.1) is 19.3 Å². The number of carbonyl (C=O) groups excluding carboxylic acids is 1. The van der Waals surface area contributed by atoms with Crippen LogP contribution in [0.4, 0.5) is 0 Å². The third-order valence-corrected chi connectivity index (χ3v) is 7.11. The summed E-state index contributed by atoms with van der Waals surface area (Å²) >= 11 is 0. The normalized spacial score (nSPS) is 20.2. The van der Waals surface area contributed by atoms with E-state index in [-0.39, 0.29) is 5.91 Å². The molecule has 2 atom stereocenters. The lowest BCUT2D eigenvalue weighted by atomic mass is 10.0. The van der Waals surface area contributed by atoms with Gasteiger partial charge in [0.15, 0.2) is 6.17 Å². The lowest BCUT2D eigenvalue weighted by Crippen LogP contribution is -2.55. The third-order valence-electron chi connectivity index (χ3n) is 7.11. The van der Waals surface area contributed by atoms with Crippen LogP contribution in [0.1, 0.15) is 124 Å². The quantitative estimate of drug-likeness (QED) is 0.111. The number of rotatable bonds is 21. The van der Waals surface area contributed by atoms with E-state index in [2.05, 4.69) is 49.0 Å². The van der Waals surface area contributed by atoms with E-state index >= 15 is 0 Å². The van der Waals surface area contributed by atoms with Gasteiger partial charge in [0.25, 0.3) is 0 Å². The highest BCUT2D eigenvalue weighted by Crippen LogP contribution is 2.23. The molecule has 1 aliphatic rings. The number of quaternary nitrogens is 1. The van der Waals surface area contributed by atoms with Crippen molar-refractivity contribution >= 4 is 5.91 Å². The summed E-state index contributed by atoms with van der Waals surface area (Å²) in [6.45, 7) is 8.77. The predicted octanol–water partition coefficient (Wildman–Crippen LogP) is 7.18. The first-order valence-corrected chi connectivity index (χ1v) is 13.8. The zero-order valence-electron chi connectivity index (χ0n) is 21.7. The van der Waals surface area contributed by atoms with Crippen LogP contribution in [0, 0.1) is 0 Å². The number of nitrogens with one attached hydrogen (secondary N) is 2. The molecular formula is C28H54N3O+. The van der Waals surface area contributed by atoms with E-state index in [0.717, 1.165) is 24.1 Å². The van der Waals surface area contributed by atoms with Gasteiger partial charge in [0.1, 0.15) is 12.7 Å². The molecule has 0 aromatic carbocycles. The topological polar surface area (TPSA) is 41.1 Å². The second kappa shape index (κ2) is 19.2. The average Bonchev–Trinajstić information content (AvgIpc) is 3.18. The van der Waals surface area contributed by atoms with Crippen LogP contribution in [0.25, 0.3) is 0 Å². The van der Waals surface area contributed by atoms with Crippen molar-refractivity contribution < 1.29 is 9.28 Å². The summed E-state index contributed by atoms with van der Waals surface area (Å²) in [5, 5.41) is 6.53. The Kier molecular flexibility index (Phi) is 17.2. The van der Waals surface area contributed by atoms with Crippen molar-refractivity contribution in [1.29, 1.82) is 0 Å². The van der Waals surface area contributed by atoms with Gasteiger partial charge in [-0.05, 0) is 33.1 Å². The summed E-state index contributed by atoms with van der Waals surface area (Å²) in [5.74, 6) is 0.0677. The summed E-state index contributed by atoms with van der Waals surface area (Å²) in [7, 11) is 0. The minimum absolute atomic E-state index is 0.0677. The predicted molar refractivity (Wildman–Crippen MR) is 139 cm³/mol. The van der Waals surface area contributed by atoms with Crippen LogP contribution in [-0.2, 0) is 4.79 Å². The maximum absolute atomic E-state index is 11.2. The van der Waals surface area contributed by atoms with E-state index in [1.807, 2.05) is 0 Å². The van der Waals surface area contributed by atoms with Crippen LogP contribution < -0.4 is 10.6 Å². The molecule has 0 aromatic heterocycles. The number of likely N-dealkylation sites (N-methyl/N-ethyl adjacent to an activating group) is 1. The zero-order chi connectivity index (χ0) is 23.3. The fourth-order valence-corrected chi connectivity index (χ4v) is 4.94. The molecule has 186 valence electrons. The van der Waals surface area contributed by atoms with Gasteiger partial charge >= 0.3 is 0 Å². The van der Waals surface area contributed by atoms with Crippen molar-refractivity contribution in [2.24, 2.45) is 0 Å². The lowest BCUT2D eigenvalue weighted by molar-refractivity contribution is -0.898. The maximum Gasteiger partial charge on any atom is 0.217 e. The van der Waals surface area contributed by atoms with Crippen molar-refractivity contribution in [2.45, 2.75) is 130 Å². The van der Waals surface area contributed by atoms with Gasteiger partial charge in [-0.1, -0.05) is 89.2 Å². The number of nitrogens with zero attached hydrogens (tertiary/aromatic N) is 1. The van der Waals surface area contributed by atoms with Crippen molar-refractivity contribution in [3.63, 3.8) is 0 Å². The van der Waals surface area contributed by atoms with Gasteiger partial charge in [0.2, 0.25) is 5.91 Å². The third kappa shape index (κ3) is 13.3. The second-order valence-electron chi connectivity index (χ2n) is 9.72. The number of hydrogen-bond donors (Lipinski definition) is 2. The van der Waals surface area contributed by atoms with Crippen molar-refractivity contribution in [1.82, 2.24) is 10.6 Å². The molecule has 0 bridgehead atoms. The van der Waals surface area contributed by atoms with Crippen LogP contribution in [0.15, 0.2) is 24.6 Å². The number of unbranched alkanes of at least 4 members (excludes halogenated alkanes) is 14. The Hall–Kier alpha value is -1.29. The minimum atomic E-state index is 0.0677. The van der Waals surface area contributed by atoms with Gasteiger partial charge in [-0.15, -0.1) is 0 Å². The largest absolute Gasteiger partial charge is 0.351 e. The van der Waals surface area contributed by atoms with Gasteiger partial charge < -0.3 is 10.6 Å². The maximum atomic E-state index is 11.2. The molecule has 4 heteroatoms. The molecule has 1 aliphatic heterocycles. The van der Waals surface area contributed by atoms with Gasteiger partial charge in [-0.2, -0.15) is 0 Å². The monoisotopic (exact) mass is 448 g/mol. The Morgan fingerprint density at radius 1 is 0.906 bits per heavy atom. The van der Waals surface area contributed by atoms with Crippen LogP contribution in [0.3, 0.4) is 0 Å². The SMILES string of the molecule is C/C=C/CCCCCCCCCCCCCCCCC1NC=C[N+]1(CC)CCNC(C)=O. The summed E-state index contributed by atoms with van der Waals surface area (Å²) in [6.07, 6.45) is 31.5. The molecule has 0 saturated carbocycles. The van der Waals surface area contributed by atoms with Gasteiger partial charge in [0, 0.05) is 13.3 Å². The summed E-state index contributed by atoms with van der Waals surface area (Å²) in [4.78, 5) is 11.2. The molecule has 0 aromatic rings. The highest BCUT2D eigenvalue weighted by Gasteiger charge is 2.36. The smallest absolute Gasteiger partial charge is 0.217 e. The average molecular weight is 449 g/mol. The fraction of sp³-hybridized carbons (Fsp3) is 0.821. The first-order valence-electron chi connectivity index (χ1n) is 13.8.